The summed E-state index contributed by atoms with van der Waals surface area (Å²) < 4.78 is 0. The Morgan fingerprint density at radius 2 is 2.24 bits per heavy atom. The Kier molecular flexibility index (Phi) is 5.08. The van der Waals surface area contributed by atoms with Crippen LogP contribution in [0.5, 0.6) is 0 Å². The zero-order valence-corrected chi connectivity index (χ0v) is 12.2. The first-order valence-electron chi connectivity index (χ1n) is 7.19. The van der Waals surface area contributed by atoms with Crippen LogP contribution < -0.4 is 16.0 Å². The molecule has 2 rings (SSSR count). The molecule has 1 aromatic rings. The van der Waals surface area contributed by atoms with Crippen molar-refractivity contribution in [1.29, 1.82) is 0 Å². The van der Waals surface area contributed by atoms with Gasteiger partial charge in [0.2, 0.25) is 5.91 Å². The lowest BCUT2D eigenvalue weighted by atomic mass is 9.93. The van der Waals surface area contributed by atoms with Gasteiger partial charge in [0.15, 0.2) is 11.5 Å². The Bertz CT molecular complexity index is 503. The average molecular weight is 291 g/mol. The molecule has 2 heterocycles. The van der Waals surface area contributed by atoms with Crippen molar-refractivity contribution in [3.63, 3.8) is 0 Å². The Labute approximate surface area is 123 Å². The molecule has 114 valence electrons. The van der Waals surface area contributed by atoms with Gasteiger partial charge in [0.05, 0.1) is 0 Å². The van der Waals surface area contributed by atoms with E-state index in [1.807, 2.05) is 6.07 Å². The van der Waals surface area contributed by atoms with E-state index in [1.165, 1.54) is 0 Å². The van der Waals surface area contributed by atoms with Crippen LogP contribution >= 0.6 is 0 Å². The van der Waals surface area contributed by atoms with Crippen LogP contribution in [0.15, 0.2) is 12.1 Å². The lowest BCUT2D eigenvalue weighted by molar-refractivity contribution is -0.118. The monoisotopic (exact) mass is 291 g/mol. The lowest BCUT2D eigenvalue weighted by Gasteiger charge is -2.33. The van der Waals surface area contributed by atoms with E-state index in [0.29, 0.717) is 18.0 Å². The number of nitrogens with one attached hydrogen (secondary N) is 1. The third kappa shape index (κ3) is 4.14. The first kappa shape index (κ1) is 15.2. The molecule has 1 aromatic heterocycles. The quantitative estimate of drug-likeness (QED) is 0.813. The van der Waals surface area contributed by atoms with E-state index in [4.69, 9.17) is 5.73 Å². The number of hydrogen-bond donors (Lipinski definition) is 2. The van der Waals surface area contributed by atoms with Crippen LogP contribution in [0.2, 0.25) is 0 Å². The van der Waals surface area contributed by atoms with Crippen molar-refractivity contribution < 1.29 is 9.59 Å². The van der Waals surface area contributed by atoms with Gasteiger partial charge < -0.3 is 16.0 Å². The van der Waals surface area contributed by atoms with E-state index in [1.54, 1.807) is 13.1 Å². The van der Waals surface area contributed by atoms with E-state index < -0.39 is 0 Å². The normalized spacial score (nSPS) is 18.3. The number of anilines is 1. The largest absolute Gasteiger partial charge is 0.370 e. The summed E-state index contributed by atoms with van der Waals surface area (Å²) in [5.74, 6) is 0.729. The van der Waals surface area contributed by atoms with Crippen LogP contribution in [0.1, 0.15) is 36.2 Å². The molecule has 0 saturated carbocycles. The van der Waals surface area contributed by atoms with E-state index in [0.717, 1.165) is 38.2 Å². The van der Waals surface area contributed by atoms with Crippen molar-refractivity contribution in [2.75, 3.05) is 25.0 Å². The van der Waals surface area contributed by atoms with E-state index in [-0.39, 0.29) is 11.8 Å². The Hall–Kier alpha value is -2.18. The number of hydrogen-bond acceptors (Lipinski definition) is 5. The highest BCUT2D eigenvalue weighted by atomic mass is 16.2. The van der Waals surface area contributed by atoms with Crippen LogP contribution in [0.25, 0.3) is 0 Å². The molecule has 0 radical (unpaired) electrons. The smallest absolute Gasteiger partial charge is 0.271 e. The van der Waals surface area contributed by atoms with Crippen LogP contribution in [-0.2, 0) is 4.79 Å². The number of primary amides is 1. The molecular formula is C14H21N5O2. The zero-order chi connectivity index (χ0) is 15.2. The number of piperidine rings is 1. The highest BCUT2D eigenvalue weighted by Gasteiger charge is 2.21. The number of nitrogens with two attached hydrogens (primary N) is 1. The van der Waals surface area contributed by atoms with Gasteiger partial charge in [0, 0.05) is 26.6 Å². The second-order valence-electron chi connectivity index (χ2n) is 5.32. The molecule has 0 spiro atoms. The maximum Gasteiger partial charge on any atom is 0.271 e. The summed E-state index contributed by atoms with van der Waals surface area (Å²) in [6, 6.07) is 3.49. The Morgan fingerprint density at radius 3 is 2.86 bits per heavy atom. The molecule has 3 N–H and O–H groups in total. The van der Waals surface area contributed by atoms with Gasteiger partial charge in [-0.3, -0.25) is 9.59 Å². The van der Waals surface area contributed by atoms with E-state index >= 15 is 0 Å². The fourth-order valence-corrected chi connectivity index (χ4v) is 2.60. The van der Waals surface area contributed by atoms with Crippen molar-refractivity contribution in [1.82, 2.24) is 15.5 Å². The number of aromatic nitrogens is 2. The molecular weight excluding hydrogens is 270 g/mol. The number of nitrogens with zero attached hydrogens (tertiary/aromatic N) is 3. The maximum atomic E-state index is 11.4. The van der Waals surface area contributed by atoms with Crippen molar-refractivity contribution in [3.05, 3.63) is 17.8 Å². The highest BCUT2D eigenvalue weighted by Crippen LogP contribution is 2.24. The molecule has 1 fully saturated rings. The molecule has 7 heteroatoms. The SMILES string of the molecule is CNC(=O)c1ccc(N2CCCC(CCC(N)=O)C2)nn1. The van der Waals surface area contributed by atoms with Crippen LogP contribution in [0, 0.1) is 5.92 Å². The molecule has 21 heavy (non-hydrogen) atoms. The predicted octanol–water partition coefficient (Wildman–Crippen LogP) is 0.318. The van der Waals surface area contributed by atoms with Crippen molar-refractivity contribution >= 4 is 17.6 Å². The fraction of sp³-hybridized carbons (Fsp3) is 0.571. The van der Waals surface area contributed by atoms with Gasteiger partial charge in [0.1, 0.15) is 0 Å². The average Bonchev–Trinajstić information content (AvgIpc) is 2.52. The molecule has 1 aliphatic heterocycles. The molecule has 1 atom stereocenters. The summed E-state index contributed by atoms with van der Waals surface area (Å²) in [6.45, 7) is 1.77. The minimum Gasteiger partial charge on any atom is -0.370 e. The van der Waals surface area contributed by atoms with Gasteiger partial charge >= 0.3 is 0 Å². The molecule has 7 nitrogen and oxygen atoms in total. The van der Waals surface area contributed by atoms with Gasteiger partial charge in [-0.2, -0.15) is 0 Å². The second kappa shape index (κ2) is 7.01. The van der Waals surface area contributed by atoms with E-state index in [9.17, 15) is 9.59 Å². The summed E-state index contributed by atoms with van der Waals surface area (Å²) in [5.41, 5.74) is 5.51. The molecule has 0 aromatic carbocycles. The Balaban J connectivity index is 1.97. The van der Waals surface area contributed by atoms with Crippen LogP contribution in [-0.4, -0.2) is 42.1 Å². The molecule has 1 saturated heterocycles. The summed E-state index contributed by atoms with van der Waals surface area (Å²) in [4.78, 5) is 24.5. The van der Waals surface area contributed by atoms with Crippen LogP contribution in [0.4, 0.5) is 5.82 Å². The highest BCUT2D eigenvalue weighted by molar-refractivity contribution is 5.91. The minimum absolute atomic E-state index is 0.243. The number of amides is 2. The summed E-state index contributed by atoms with van der Waals surface area (Å²) in [6.07, 6.45) is 3.41. The summed E-state index contributed by atoms with van der Waals surface area (Å²) in [7, 11) is 1.56. The topological polar surface area (TPSA) is 101 Å². The summed E-state index contributed by atoms with van der Waals surface area (Å²) in [5, 5.41) is 10.6. The third-order valence-electron chi connectivity index (χ3n) is 3.75. The first-order valence-corrected chi connectivity index (χ1v) is 7.19. The molecule has 1 unspecified atom stereocenters. The third-order valence-corrected chi connectivity index (χ3v) is 3.75. The number of carbonyl (C=O) groups is 2. The van der Waals surface area contributed by atoms with Gasteiger partial charge in [0.25, 0.3) is 5.91 Å². The first-order chi connectivity index (χ1) is 10.1. The molecule has 0 aliphatic carbocycles. The minimum atomic E-state index is -0.248. The number of carbonyl (C=O) groups excluding carboxylic acids is 2. The van der Waals surface area contributed by atoms with Gasteiger partial charge in [-0.1, -0.05) is 0 Å². The fourth-order valence-electron chi connectivity index (χ4n) is 2.60. The maximum absolute atomic E-state index is 11.4. The van der Waals surface area contributed by atoms with E-state index in [2.05, 4.69) is 20.4 Å². The lowest BCUT2D eigenvalue weighted by Crippen LogP contribution is -2.36. The van der Waals surface area contributed by atoms with Gasteiger partial charge in [-0.25, -0.2) is 0 Å². The molecule has 1 aliphatic rings. The number of rotatable bonds is 5. The second-order valence-corrected chi connectivity index (χ2v) is 5.32. The van der Waals surface area contributed by atoms with Crippen molar-refractivity contribution in [2.24, 2.45) is 11.7 Å². The van der Waals surface area contributed by atoms with Gasteiger partial charge in [-0.15, -0.1) is 10.2 Å². The van der Waals surface area contributed by atoms with Crippen molar-refractivity contribution in [2.45, 2.75) is 25.7 Å². The summed E-state index contributed by atoms with van der Waals surface area (Å²) >= 11 is 0. The standard InChI is InChI=1S/C14H21N5O2/c1-16-14(21)11-5-7-13(18-17-11)19-8-2-3-10(9-19)4-6-12(15)20/h5,7,10H,2-4,6,8-9H2,1H3,(H2,15,20)(H,16,21). The van der Waals surface area contributed by atoms with Crippen LogP contribution in [0.3, 0.4) is 0 Å². The van der Waals surface area contributed by atoms with Crippen molar-refractivity contribution in [3.8, 4) is 0 Å². The van der Waals surface area contributed by atoms with Gasteiger partial charge in [-0.05, 0) is 37.3 Å². The Morgan fingerprint density at radius 1 is 1.43 bits per heavy atom. The predicted molar refractivity (Wildman–Crippen MR) is 78.8 cm³/mol. The molecule has 0 bridgehead atoms. The zero-order valence-electron chi connectivity index (χ0n) is 12.2. The molecule has 2 amide bonds.